The number of fused-ring (bicyclic) bond motifs is 3. The molecule has 5 heteroatoms. The molecular weight excluding hydrogens is 218 g/mol. The fourth-order valence-electron chi connectivity index (χ4n) is 2.13. The molecule has 17 heavy (non-hydrogen) atoms. The van der Waals surface area contributed by atoms with E-state index in [1.165, 1.54) is 0 Å². The minimum Gasteiger partial charge on any atom is -0.480 e. The molecule has 0 bridgehead atoms. The van der Waals surface area contributed by atoms with Gasteiger partial charge in [-0.1, -0.05) is 18.2 Å². The molecule has 0 saturated heterocycles. The Balaban J connectivity index is 2.18. The molecule has 3 N–H and O–H groups in total. The van der Waals surface area contributed by atoms with Crippen molar-refractivity contribution in [1.82, 2.24) is 10.2 Å². The van der Waals surface area contributed by atoms with Crippen molar-refractivity contribution in [2.75, 3.05) is 5.32 Å². The number of anilines is 1. The number of nitrogens with zero attached hydrogens (tertiary/aromatic N) is 1. The number of hydrogen-bond acceptors (Lipinski definition) is 3. The number of H-pyrrole nitrogens is 1. The number of para-hydroxylation sites is 1. The van der Waals surface area contributed by atoms with Crippen LogP contribution >= 0.6 is 0 Å². The number of carbonyl (C=O) groups is 1. The van der Waals surface area contributed by atoms with Crippen LogP contribution in [0.15, 0.2) is 30.5 Å². The fourth-order valence-corrected chi connectivity index (χ4v) is 2.13. The summed E-state index contributed by atoms with van der Waals surface area (Å²) in [5, 5.41) is 19.1. The molecule has 1 aliphatic rings. The Labute approximate surface area is 97.5 Å². The lowest BCUT2D eigenvalue weighted by Crippen LogP contribution is -2.30. The number of rotatable bonds is 1. The van der Waals surface area contributed by atoms with Crippen LogP contribution in [-0.4, -0.2) is 27.3 Å². The largest absolute Gasteiger partial charge is 0.480 e. The van der Waals surface area contributed by atoms with Gasteiger partial charge in [0.1, 0.15) is 6.04 Å². The van der Waals surface area contributed by atoms with Crippen LogP contribution in [0.4, 0.5) is 5.69 Å². The number of aromatic nitrogens is 2. The van der Waals surface area contributed by atoms with E-state index >= 15 is 0 Å². The van der Waals surface area contributed by atoms with Gasteiger partial charge >= 0.3 is 5.97 Å². The zero-order chi connectivity index (χ0) is 11.8. The second-order valence-electron chi connectivity index (χ2n) is 4.06. The van der Waals surface area contributed by atoms with E-state index in [9.17, 15) is 4.79 Å². The van der Waals surface area contributed by atoms with Crippen molar-refractivity contribution in [3.8, 4) is 11.3 Å². The van der Waals surface area contributed by atoms with Gasteiger partial charge in [-0.25, -0.2) is 4.79 Å². The minimum absolute atomic E-state index is 0.426. The summed E-state index contributed by atoms with van der Waals surface area (Å²) in [5.74, 6) is -0.853. The Morgan fingerprint density at radius 1 is 1.41 bits per heavy atom. The van der Waals surface area contributed by atoms with Crippen molar-refractivity contribution in [3.63, 3.8) is 0 Å². The molecule has 2 heterocycles. The van der Waals surface area contributed by atoms with Gasteiger partial charge in [0, 0.05) is 23.2 Å². The summed E-state index contributed by atoms with van der Waals surface area (Å²) >= 11 is 0. The summed E-state index contributed by atoms with van der Waals surface area (Å²) in [5.41, 5.74) is 3.61. The number of aliphatic carboxylic acids is 1. The van der Waals surface area contributed by atoms with E-state index in [1.807, 2.05) is 24.3 Å². The molecule has 1 unspecified atom stereocenters. The Morgan fingerprint density at radius 2 is 2.24 bits per heavy atom. The first-order chi connectivity index (χ1) is 8.25. The third-order valence-corrected chi connectivity index (χ3v) is 2.97. The Hall–Kier alpha value is -2.30. The van der Waals surface area contributed by atoms with E-state index in [1.54, 1.807) is 6.20 Å². The van der Waals surface area contributed by atoms with Gasteiger partial charge in [-0.05, 0) is 6.07 Å². The summed E-state index contributed by atoms with van der Waals surface area (Å²) in [6.07, 6.45) is 2.12. The van der Waals surface area contributed by atoms with Gasteiger partial charge in [0.15, 0.2) is 0 Å². The Morgan fingerprint density at radius 3 is 3.06 bits per heavy atom. The number of hydrogen-bond donors (Lipinski definition) is 3. The summed E-state index contributed by atoms with van der Waals surface area (Å²) in [7, 11) is 0. The molecule has 0 saturated carbocycles. The molecule has 5 nitrogen and oxygen atoms in total. The van der Waals surface area contributed by atoms with Crippen molar-refractivity contribution in [3.05, 3.63) is 36.0 Å². The van der Waals surface area contributed by atoms with Gasteiger partial charge in [-0.15, -0.1) is 0 Å². The van der Waals surface area contributed by atoms with Gasteiger partial charge in [-0.2, -0.15) is 5.10 Å². The maximum Gasteiger partial charge on any atom is 0.326 e. The number of nitrogens with one attached hydrogen (secondary N) is 2. The SMILES string of the molecule is O=C(O)C1Cc2cn[nH]c2-c2ccccc2N1. The monoisotopic (exact) mass is 229 g/mol. The lowest BCUT2D eigenvalue weighted by atomic mass is 10.0. The third kappa shape index (κ3) is 1.56. The van der Waals surface area contributed by atoms with Crippen LogP contribution in [0, 0.1) is 0 Å². The van der Waals surface area contributed by atoms with E-state index in [4.69, 9.17) is 5.11 Å². The standard InChI is InChI=1S/C12H11N3O2/c16-12(17)10-5-7-6-13-15-11(7)8-3-1-2-4-9(8)14-10/h1-4,6,10,14H,5H2,(H,13,15)(H,16,17). The molecule has 0 radical (unpaired) electrons. The Bertz CT molecular complexity index is 577. The summed E-state index contributed by atoms with van der Waals surface area (Å²) < 4.78 is 0. The number of benzene rings is 1. The number of carboxylic acids is 1. The maximum atomic E-state index is 11.2. The van der Waals surface area contributed by atoms with Crippen LogP contribution < -0.4 is 5.32 Å². The first-order valence-electron chi connectivity index (χ1n) is 5.36. The second-order valence-corrected chi connectivity index (χ2v) is 4.06. The molecule has 1 aliphatic heterocycles. The van der Waals surface area contributed by atoms with Crippen LogP contribution in [0.5, 0.6) is 0 Å². The van der Waals surface area contributed by atoms with Crippen LogP contribution in [0.25, 0.3) is 11.3 Å². The quantitative estimate of drug-likeness (QED) is 0.692. The molecule has 0 fully saturated rings. The van der Waals surface area contributed by atoms with Crippen LogP contribution in [0.2, 0.25) is 0 Å². The van der Waals surface area contributed by atoms with Crippen molar-refractivity contribution in [2.24, 2.45) is 0 Å². The molecular formula is C12H11N3O2. The maximum absolute atomic E-state index is 11.2. The predicted octanol–water partition coefficient (Wildman–Crippen LogP) is 1.50. The Kier molecular flexibility index (Phi) is 2.11. The predicted molar refractivity (Wildman–Crippen MR) is 62.8 cm³/mol. The molecule has 0 aliphatic carbocycles. The molecule has 1 aromatic heterocycles. The van der Waals surface area contributed by atoms with E-state index < -0.39 is 12.0 Å². The van der Waals surface area contributed by atoms with Gasteiger partial charge in [-0.3, -0.25) is 5.10 Å². The van der Waals surface area contributed by atoms with Crippen molar-refractivity contribution in [1.29, 1.82) is 0 Å². The zero-order valence-electron chi connectivity index (χ0n) is 8.97. The van der Waals surface area contributed by atoms with Gasteiger partial charge in [0.05, 0.1) is 11.9 Å². The molecule has 0 spiro atoms. The molecule has 3 rings (SSSR count). The normalized spacial score (nSPS) is 17.5. The van der Waals surface area contributed by atoms with Crippen LogP contribution in [0.3, 0.4) is 0 Å². The lowest BCUT2D eigenvalue weighted by molar-refractivity contribution is -0.137. The van der Waals surface area contributed by atoms with Gasteiger partial charge in [0.25, 0.3) is 0 Å². The highest BCUT2D eigenvalue weighted by molar-refractivity contribution is 5.85. The highest BCUT2D eigenvalue weighted by Gasteiger charge is 2.25. The van der Waals surface area contributed by atoms with E-state index in [0.717, 1.165) is 22.5 Å². The van der Waals surface area contributed by atoms with Crippen LogP contribution in [-0.2, 0) is 11.2 Å². The molecule has 0 amide bonds. The van der Waals surface area contributed by atoms with E-state index in [0.29, 0.717) is 6.42 Å². The second kappa shape index (κ2) is 3.62. The molecule has 86 valence electrons. The highest BCUT2D eigenvalue weighted by atomic mass is 16.4. The smallest absolute Gasteiger partial charge is 0.326 e. The third-order valence-electron chi connectivity index (χ3n) is 2.97. The highest BCUT2D eigenvalue weighted by Crippen LogP contribution is 2.32. The van der Waals surface area contributed by atoms with Crippen LogP contribution in [0.1, 0.15) is 5.56 Å². The summed E-state index contributed by atoms with van der Waals surface area (Å²) in [4.78, 5) is 11.2. The van der Waals surface area contributed by atoms with Gasteiger partial charge < -0.3 is 10.4 Å². The molecule has 2 aromatic rings. The van der Waals surface area contributed by atoms with E-state index in [-0.39, 0.29) is 0 Å². The first kappa shape index (κ1) is 9.89. The average molecular weight is 229 g/mol. The average Bonchev–Trinajstić information content (AvgIpc) is 2.71. The first-order valence-corrected chi connectivity index (χ1v) is 5.36. The lowest BCUT2D eigenvalue weighted by Gasteiger charge is -2.13. The fraction of sp³-hybridized carbons (Fsp3) is 0.167. The summed E-state index contributed by atoms with van der Waals surface area (Å²) in [6.45, 7) is 0. The van der Waals surface area contributed by atoms with Gasteiger partial charge in [0.2, 0.25) is 0 Å². The number of aromatic amines is 1. The minimum atomic E-state index is -0.853. The molecule has 1 atom stereocenters. The van der Waals surface area contributed by atoms with Crippen molar-refractivity contribution < 1.29 is 9.90 Å². The number of carboxylic acid groups (broad SMARTS) is 1. The zero-order valence-corrected chi connectivity index (χ0v) is 8.97. The van der Waals surface area contributed by atoms with Crippen molar-refractivity contribution >= 4 is 11.7 Å². The summed E-state index contributed by atoms with van der Waals surface area (Å²) in [6, 6.07) is 7.01. The topological polar surface area (TPSA) is 78.0 Å². The van der Waals surface area contributed by atoms with Crippen molar-refractivity contribution in [2.45, 2.75) is 12.5 Å². The molecule has 1 aromatic carbocycles. The van der Waals surface area contributed by atoms with E-state index in [2.05, 4.69) is 15.5 Å².